The molecule has 0 saturated heterocycles. The summed E-state index contributed by atoms with van der Waals surface area (Å²) in [5.74, 6) is 0.304. The third kappa shape index (κ3) is 2.65. The highest BCUT2D eigenvalue weighted by atomic mass is 32.1. The Hall–Kier alpha value is -1.39. The first-order valence-corrected chi connectivity index (χ1v) is 7.58. The van der Waals surface area contributed by atoms with Gasteiger partial charge < -0.3 is 5.11 Å². The molecule has 2 aromatic rings. The zero-order valence-electron chi connectivity index (χ0n) is 11.1. The number of fused-ring (bicyclic) bond motifs is 1. The molecule has 1 aromatic carbocycles. The van der Waals surface area contributed by atoms with E-state index in [9.17, 15) is 5.11 Å². The Balaban J connectivity index is 1.87. The SMILES string of the molecule is CCCN1CCc2nc(-c3cccc(O)c3)sc2C1. The third-order valence-corrected chi connectivity index (χ3v) is 4.57. The number of phenolic OH excluding ortho intramolecular Hbond substituents is 1. The van der Waals surface area contributed by atoms with Gasteiger partial charge in [0.15, 0.2) is 0 Å². The van der Waals surface area contributed by atoms with E-state index in [1.165, 1.54) is 23.5 Å². The van der Waals surface area contributed by atoms with Crippen molar-refractivity contribution >= 4 is 11.3 Å². The molecule has 1 aromatic heterocycles. The maximum atomic E-state index is 9.56. The van der Waals surface area contributed by atoms with Crippen LogP contribution in [-0.4, -0.2) is 28.1 Å². The second-order valence-corrected chi connectivity index (χ2v) is 6.05. The molecule has 1 aliphatic heterocycles. The van der Waals surface area contributed by atoms with Crippen LogP contribution >= 0.6 is 11.3 Å². The molecule has 3 rings (SSSR count). The van der Waals surface area contributed by atoms with Gasteiger partial charge in [-0.05, 0) is 25.1 Å². The number of nitrogens with zero attached hydrogens (tertiary/aromatic N) is 2. The zero-order chi connectivity index (χ0) is 13.2. The van der Waals surface area contributed by atoms with Gasteiger partial charge in [0, 0.05) is 30.0 Å². The van der Waals surface area contributed by atoms with Gasteiger partial charge in [-0.15, -0.1) is 11.3 Å². The van der Waals surface area contributed by atoms with E-state index in [1.807, 2.05) is 12.1 Å². The van der Waals surface area contributed by atoms with Gasteiger partial charge in [-0.1, -0.05) is 19.1 Å². The Labute approximate surface area is 117 Å². The molecule has 0 radical (unpaired) electrons. The van der Waals surface area contributed by atoms with Crippen molar-refractivity contribution in [3.8, 4) is 16.3 Å². The summed E-state index contributed by atoms with van der Waals surface area (Å²) in [5, 5.41) is 10.6. The summed E-state index contributed by atoms with van der Waals surface area (Å²) in [4.78, 5) is 8.62. The maximum absolute atomic E-state index is 9.56. The molecule has 0 amide bonds. The number of rotatable bonds is 3. The van der Waals surface area contributed by atoms with Crippen LogP contribution in [0.2, 0.25) is 0 Å². The second-order valence-electron chi connectivity index (χ2n) is 4.97. The average Bonchev–Trinajstić information content (AvgIpc) is 2.82. The lowest BCUT2D eigenvalue weighted by molar-refractivity contribution is 0.256. The number of aromatic hydroxyl groups is 1. The summed E-state index contributed by atoms with van der Waals surface area (Å²) in [6.07, 6.45) is 2.25. The van der Waals surface area contributed by atoms with Crippen LogP contribution in [0.1, 0.15) is 23.9 Å². The van der Waals surface area contributed by atoms with E-state index < -0.39 is 0 Å². The van der Waals surface area contributed by atoms with Gasteiger partial charge in [-0.3, -0.25) is 4.90 Å². The number of hydrogen-bond acceptors (Lipinski definition) is 4. The van der Waals surface area contributed by atoms with Crippen LogP contribution in [0.5, 0.6) is 5.75 Å². The van der Waals surface area contributed by atoms with Crippen LogP contribution in [0.3, 0.4) is 0 Å². The van der Waals surface area contributed by atoms with Gasteiger partial charge in [0.2, 0.25) is 0 Å². The van der Waals surface area contributed by atoms with E-state index in [0.29, 0.717) is 5.75 Å². The van der Waals surface area contributed by atoms with Gasteiger partial charge in [0.25, 0.3) is 0 Å². The molecule has 0 unspecified atom stereocenters. The summed E-state index contributed by atoms with van der Waals surface area (Å²) >= 11 is 1.76. The molecule has 4 heteroatoms. The standard InChI is InChI=1S/C15H18N2OS/c1-2-7-17-8-6-13-14(10-17)19-15(16-13)11-4-3-5-12(18)9-11/h3-5,9,18H,2,6-8,10H2,1H3. The van der Waals surface area contributed by atoms with Crippen LogP contribution in [-0.2, 0) is 13.0 Å². The van der Waals surface area contributed by atoms with Crippen LogP contribution < -0.4 is 0 Å². The first-order valence-electron chi connectivity index (χ1n) is 6.76. The molecule has 100 valence electrons. The first-order chi connectivity index (χ1) is 9.26. The van der Waals surface area contributed by atoms with Crippen LogP contribution in [0.4, 0.5) is 0 Å². The second kappa shape index (κ2) is 5.31. The molecule has 0 spiro atoms. The smallest absolute Gasteiger partial charge is 0.124 e. The van der Waals surface area contributed by atoms with E-state index in [2.05, 4.69) is 11.8 Å². The average molecular weight is 274 g/mol. The highest BCUT2D eigenvalue weighted by Gasteiger charge is 2.20. The third-order valence-electron chi connectivity index (χ3n) is 3.44. The minimum atomic E-state index is 0.304. The van der Waals surface area contributed by atoms with E-state index >= 15 is 0 Å². The van der Waals surface area contributed by atoms with Gasteiger partial charge >= 0.3 is 0 Å². The van der Waals surface area contributed by atoms with Gasteiger partial charge in [0.05, 0.1) is 5.69 Å². The fourth-order valence-corrected chi connectivity index (χ4v) is 3.66. The maximum Gasteiger partial charge on any atom is 0.124 e. The van der Waals surface area contributed by atoms with Crippen molar-refractivity contribution in [3.63, 3.8) is 0 Å². The van der Waals surface area contributed by atoms with Crippen LogP contribution in [0, 0.1) is 0 Å². The molecule has 1 aliphatic rings. The van der Waals surface area contributed by atoms with Crippen molar-refractivity contribution < 1.29 is 5.11 Å². The van der Waals surface area contributed by atoms with Crippen LogP contribution in [0.25, 0.3) is 10.6 Å². The lowest BCUT2D eigenvalue weighted by Gasteiger charge is -2.25. The van der Waals surface area contributed by atoms with E-state index in [4.69, 9.17) is 4.98 Å². The fraction of sp³-hybridized carbons (Fsp3) is 0.400. The minimum Gasteiger partial charge on any atom is -0.508 e. The normalized spacial score (nSPS) is 15.4. The largest absolute Gasteiger partial charge is 0.508 e. The van der Waals surface area contributed by atoms with E-state index in [1.54, 1.807) is 23.5 Å². The molecule has 19 heavy (non-hydrogen) atoms. The Kier molecular flexibility index (Phi) is 3.53. The Morgan fingerprint density at radius 1 is 1.42 bits per heavy atom. The monoisotopic (exact) mass is 274 g/mol. The minimum absolute atomic E-state index is 0.304. The number of aromatic nitrogens is 1. The molecule has 0 atom stereocenters. The number of phenols is 1. The topological polar surface area (TPSA) is 36.4 Å². The summed E-state index contributed by atoms with van der Waals surface area (Å²) in [5.41, 5.74) is 2.26. The van der Waals surface area contributed by atoms with Crippen molar-refractivity contribution in [3.05, 3.63) is 34.8 Å². The molecule has 0 bridgehead atoms. The molecule has 0 saturated carbocycles. The molecular weight excluding hydrogens is 256 g/mol. The summed E-state index contributed by atoms with van der Waals surface area (Å²) in [7, 11) is 0. The Morgan fingerprint density at radius 3 is 3.11 bits per heavy atom. The van der Waals surface area contributed by atoms with Crippen molar-refractivity contribution in [1.82, 2.24) is 9.88 Å². The molecular formula is C15H18N2OS. The molecule has 1 N–H and O–H groups in total. The first kappa shape index (κ1) is 12.6. The van der Waals surface area contributed by atoms with Crippen molar-refractivity contribution in [1.29, 1.82) is 0 Å². The lowest BCUT2D eigenvalue weighted by Crippen LogP contribution is -2.30. The Bertz CT molecular complexity index is 579. The van der Waals surface area contributed by atoms with Crippen molar-refractivity contribution in [2.24, 2.45) is 0 Å². The number of benzene rings is 1. The van der Waals surface area contributed by atoms with E-state index in [0.717, 1.165) is 30.1 Å². The van der Waals surface area contributed by atoms with Crippen molar-refractivity contribution in [2.75, 3.05) is 13.1 Å². The molecule has 3 nitrogen and oxygen atoms in total. The summed E-state index contributed by atoms with van der Waals surface area (Å²) in [6, 6.07) is 7.36. The summed E-state index contributed by atoms with van der Waals surface area (Å²) < 4.78 is 0. The number of thiazole rings is 1. The summed E-state index contributed by atoms with van der Waals surface area (Å²) in [6.45, 7) is 5.53. The van der Waals surface area contributed by atoms with E-state index in [-0.39, 0.29) is 0 Å². The molecule has 2 heterocycles. The molecule has 0 aliphatic carbocycles. The highest BCUT2D eigenvalue weighted by molar-refractivity contribution is 7.15. The van der Waals surface area contributed by atoms with Crippen LogP contribution in [0.15, 0.2) is 24.3 Å². The Morgan fingerprint density at radius 2 is 2.32 bits per heavy atom. The fourth-order valence-electron chi connectivity index (χ4n) is 2.52. The van der Waals surface area contributed by atoms with Gasteiger partial charge in [0.1, 0.15) is 10.8 Å². The van der Waals surface area contributed by atoms with Crippen molar-refractivity contribution in [2.45, 2.75) is 26.3 Å². The molecule has 0 fully saturated rings. The zero-order valence-corrected chi connectivity index (χ0v) is 11.9. The lowest BCUT2D eigenvalue weighted by atomic mass is 10.1. The predicted molar refractivity (Wildman–Crippen MR) is 78.5 cm³/mol. The van der Waals surface area contributed by atoms with Gasteiger partial charge in [-0.2, -0.15) is 0 Å². The highest BCUT2D eigenvalue weighted by Crippen LogP contribution is 2.32. The number of hydrogen-bond donors (Lipinski definition) is 1. The quantitative estimate of drug-likeness (QED) is 0.933. The van der Waals surface area contributed by atoms with Gasteiger partial charge in [-0.25, -0.2) is 4.98 Å². The predicted octanol–water partition coefficient (Wildman–Crippen LogP) is 3.28.